The van der Waals surface area contributed by atoms with Gasteiger partial charge in [-0.15, -0.1) is 0 Å². The molecule has 75 heavy (non-hydrogen) atoms. The minimum Gasteiger partial charge on any atom is -0.462 e. The van der Waals surface area contributed by atoms with Crippen LogP contribution in [-0.2, 0) is 28.6 Å². The van der Waals surface area contributed by atoms with Gasteiger partial charge in [0, 0.05) is 19.3 Å². The number of esters is 3. The molecule has 0 aliphatic heterocycles. The lowest BCUT2D eigenvalue weighted by Crippen LogP contribution is -2.30. The third kappa shape index (κ3) is 60.8. The van der Waals surface area contributed by atoms with Gasteiger partial charge < -0.3 is 14.2 Å². The second kappa shape index (κ2) is 62.6. The molecular weight excluding hydrogens is 925 g/mol. The third-order valence-electron chi connectivity index (χ3n) is 13.3. The van der Waals surface area contributed by atoms with Gasteiger partial charge in [0.25, 0.3) is 0 Å². The molecule has 6 heteroatoms. The normalized spacial score (nSPS) is 12.8. The number of allylic oxidation sites excluding steroid dienone is 18. The van der Waals surface area contributed by atoms with Crippen molar-refractivity contribution in [2.75, 3.05) is 13.2 Å². The number of carbonyl (C=O) groups is 3. The molecule has 0 aromatic heterocycles. The van der Waals surface area contributed by atoms with E-state index in [2.05, 4.69) is 130 Å². The highest BCUT2D eigenvalue weighted by atomic mass is 16.6. The van der Waals surface area contributed by atoms with Gasteiger partial charge in [-0.2, -0.15) is 0 Å². The lowest BCUT2D eigenvalue weighted by atomic mass is 10.1. The summed E-state index contributed by atoms with van der Waals surface area (Å²) in [4.78, 5) is 38.2. The molecule has 0 aromatic rings. The van der Waals surface area contributed by atoms with E-state index in [1.54, 1.807) is 0 Å². The molecule has 0 fully saturated rings. The Morgan fingerprint density at radius 2 is 0.520 bits per heavy atom. The second-order valence-electron chi connectivity index (χ2n) is 20.6. The van der Waals surface area contributed by atoms with Crippen LogP contribution in [0.2, 0.25) is 0 Å². The van der Waals surface area contributed by atoms with Crippen LogP contribution in [0.3, 0.4) is 0 Å². The second-order valence-corrected chi connectivity index (χ2v) is 20.6. The van der Waals surface area contributed by atoms with Crippen molar-refractivity contribution in [3.63, 3.8) is 0 Å². The van der Waals surface area contributed by atoms with Gasteiger partial charge in [0.15, 0.2) is 6.10 Å². The Morgan fingerprint density at radius 1 is 0.280 bits per heavy atom. The van der Waals surface area contributed by atoms with E-state index in [1.165, 1.54) is 116 Å². The molecule has 6 nitrogen and oxygen atoms in total. The number of unbranched alkanes of at least 4 members (excludes halogenated alkanes) is 27. The molecule has 0 aliphatic carbocycles. The molecule has 0 rings (SSSR count). The summed E-state index contributed by atoms with van der Waals surface area (Å²) in [6.45, 7) is 6.50. The van der Waals surface area contributed by atoms with E-state index in [4.69, 9.17) is 14.2 Å². The summed E-state index contributed by atoms with van der Waals surface area (Å²) in [5.74, 6) is -0.904. The summed E-state index contributed by atoms with van der Waals surface area (Å²) < 4.78 is 16.9. The van der Waals surface area contributed by atoms with Gasteiger partial charge in [-0.3, -0.25) is 14.4 Å². The molecule has 0 radical (unpaired) electrons. The molecule has 0 N–H and O–H groups in total. The quantitative estimate of drug-likeness (QED) is 0.0261. The molecule has 1 unspecified atom stereocenters. The average Bonchev–Trinajstić information content (AvgIpc) is 3.41. The first-order valence-corrected chi connectivity index (χ1v) is 31.4. The number of hydrogen-bond acceptors (Lipinski definition) is 6. The van der Waals surface area contributed by atoms with Gasteiger partial charge in [0.2, 0.25) is 0 Å². The van der Waals surface area contributed by atoms with Crippen LogP contribution in [0.25, 0.3) is 0 Å². The molecule has 0 aliphatic rings. The molecule has 0 spiro atoms. The van der Waals surface area contributed by atoms with Crippen molar-refractivity contribution in [1.29, 1.82) is 0 Å². The zero-order valence-corrected chi connectivity index (χ0v) is 49.0. The highest BCUT2D eigenvalue weighted by Crippen LogP contribution is 2.15. The van der Waals surface area contributed by atoms with Crippen LogP contribution in [0.1, 0.15) is 290 Å². The monoisotopic (exact) mass is 1040 g/mol. The van der Waals surface area contributed by atoms with E-state index < -0.39 is 6.10 Å². The van der Waals surface area contributed by atoms with Crippen molar-refractivity contribution in [2.24, 2.45) is 0 Å². The predicted octanol–water partition coefficient (Wildman–Crippen LogP) is 21.4. The third-order valence-corrected chi connectivity index (χ3v) is 13.3. The maximum Gasteiger partial charge on any atom is 0.306 e. The van der Waals surface area contributed by atoms with Crippen molar-refractivity contribution >= 4 is 17.9 Å². The molecule has 1 atom stereocenters. The van der Waals surface area contributed by atoms with Gasteiger partial charge in [0.1, 0.15) is 13.2 Å². The van der Waals surface area contributed by atoms with Crippen LogP contribution >= 0.6 is 0 Å². The highest BCUT2D eigenvalue weighted by Gasteiger charge is 2.19. The zero-order chi connectivity index (χ0) is 54.3. The zero-order valence-electron chi connectivity index (χ0n) is 49.0. The van der Waals surface area contributed by atoms with Crippen LogP contribution in [0.15, 0.2) is 109 Å². The van der Waals surface area contributed by atoms with Crippen molar-refractivity contribution in [2.45, 2.75) is 297 Å². The van der Waals surface area contributed by atoms with E-state index in [-0.39, 0.29) is 31.1 Å². The molecule has 0 saturated heterocycles. The molecule has 0 aromatic carbocycles. The molecule has 0 heterocycles. The largest absolute Gasteiger partial charge is 0.462 e. The lowest BCUT2D eigenvalue weighted by molar-refractivity contribution is -0.167. The fourth-order valence-electron chi connectivity index (χ4n) is 8.57. The minimum atomic E-state index is -0.788. The van der Waals surface area contributed by atoms with E-state index in [1.807, 2.05) is 0 Å². The summed E-state index contributed by atoms with van der Waals surface area (Å²) in [5, 5.41) is 0. The van der Waals surface area contributed by atoms with E-state index in [9.17, 15) is 14.4 Å². The number of rotatable bonds is 56. The van der Waals surface area contributed by atoms with Crippen molar-refractivity contribution in [3.8, 4) is 0 Å². The summed E-state index contributed by atoms with van der Waals surface area (Å²) >= 11 is 0. The van der Waals surface area contributed by atoms with Gasteiger partial charge in [0.05, 0.1) is 0 Å². The first-order chi connectivity index (χ1) is 37.0. The van der Waals surface area contributed by atoms with Crippen LogP contribution in [0.5, 0.6) is 0 Å². The van der Waals surface area contributed by atoms with E-state index in [0.29, 0.717) is 19.3 Å². The molecular formula is C69H116O6. The first-order valence-electron chi connectivity index (χ1n) is 31.4. The maximum atomic E-state index is 12.9. The maximum absolute atomic E-state index is 12.9. The van der Waals surface area contributed by atoms with Gasteiger partial charge in [-0.05, 0) is 109 Å². The SMILES string of the molecule is CC/C=C\C/C=C\C/C=C\C/C=C\C/C=C\C/C=C\C/C=C\C/C=C\CCCCCCCCC(=O)OCC(COC(=O)CCCCCCCCCCCC)OC(=O)CCCCCCC/C=C\CCCCCCCCC. The Balaban J connectivity index is 4.27. The minimum absolute atomic E-state index is 0.0843. The molecule has 0 bridgehead atoms. The average molecular weight is 1040 g/mol. The Labute approximate surface area is 463 Å². The summed E-state index contributed by atoms with van der Waals surface area (Å²) in [6.07, 6.45) is 85.2. The van der Waals surface area contributed by atoms with Gasteiger partial charge in [-0.1, -0.05) is 271 Å². The summed E-state index contributed by atoms with van der Waals surface area (Å²) in [6, 6.07) is 0. The Bertz CT molecular complexity index is 1520. The Hall–Kier alpha value is -3.93. The van der Waals surface area contributed by atoms with Crippen LogP contribution in [-0.4, -0.2) is 37.2 Å². The molecule has 428 valence electrons. The summed E-state index contributed by atoms with van der Waals surface area (Å²) in [5.41, 5.74) is 0. The number of hydrogen-bond donors (Lipinski definition) is 0. The van der Waals surface area contributed by atoms with Gasteiger partial charge >= 0.3 is 17.9 Å². The van der Waals surface area contributed by atoms with Crippen molar-refractivity contribution < 1.29 is 28.6 Å². The smallest absolute Gasteiger partial charge is 0.306 e. The van der Waals surface area contributed by atoms with Gasteiger partial charge in [-0.25, -0.2) is 0 Å². The van der Waals surface area contributed by atoms with Crippen molar-refractivity contribution in [3.05, 3.63) is 109 Å². The first kappa shape index (κ1) is 71.1. The number of ether oxygens (including phenoxy) is 3. The molecule has 0 saturated carbocycles. The van der Waals surface area contributed by atoms with E-state index >= 15 is 0 Å². The van der Waals surface area contributed by atoms with Crippen molar-refractivity contribution in [1.82, 2.24) is 0 Å². The highest BCUT2D eigenvalue weighted by molar-refractivity contribution is 5.71. The fraction of sp³-hybridized carbons (Fsp3) is 0.696. The fourth-order valence-corrected chi connectivity index (χ4v) is 8.57. The summed E-state index contributed by atoms with van der Waals surface area (Å²) in [7, 11) is 0. The van der Waals surface area contributed by atoms with E-state index in [0.717, 1.165) is 135 Å². The Morgan fingerprint density at radius 3 is 0.827 bits per heavy atom. The lowest BCUT2D eigenvalue weighted by Gasteiger charge is -2.18. The Kier molecular flexibility index (Phi) is 59.3. The predicted molar refractivity (Wildman–Crippen MR) is 325 cm³/mol. The van der Waals surface area contributed by atoms with Crippen LogP contribution in [0, 0.1) is 0 Å². The number of carbonyl (C=O) groups excluding carboxylic acids is 3. The standard InChI is InChI=1S/C69H116O6/c1-4-7-10-13-16-19-22-24-26-28-29-30-31-32-33-34-35-36-37-38-39-40-41-42-44-45-47-50-53-56-59-62-68(71)74-65-66(64-73-67(70)61-58-55-52-49-21-18-15-12-9-6-3)75-69(72)63-60-57-54-51-48-46-43-27-25-23-20-17-14-11-8-5-2/h7,10,16,19,24,26-27,29-30,32-33,35-36,38-39,41-43,66H,4-6,8-9,11-15,17-18,20-23,25,28,31,34,37,40,44-65H2,1-3H3/b10-7-,19-16-,26-24-,30-29-,33-32-,36-35-,39-38-,42-41-,43-27-. The topological polar surface area (TPSA) is 78.9 Å². The van der Waals surface area contributed by atoms with Crippen LogP contribution < -0.4 is 0 Å². The molecule has 0 amide bonds. The van der Waals surface area contributed by atoms with Crippen LogP contribution in [0.4, 0.5) is 0 Å².